The van der Waals surface area contributed by atoms with Gasteiger partial charge in [-0.25, -0.2) is 19.4 Å². The quantitative estimate of drug-likeness (QED) is 0.457. The van der Waals surface area contributed by atoms with Crippen LogP contribution in [-0.2, 0) is 0 Å². The second kappa shape index (κ2) is 7.88. The van der Waals surface area contributed by atoms with Crippen molar-refractivity contribution in [2.24, 2.45) is 0 Å². The Kier molecular flexibility index (Phi) is 4.89. The summed E-state index contributed by atoms with van der Waals surface area (Å²) in [6.45, 7) is 6.28. The number of imidazole rings is 1. The van der Waals surface area contributed by atoms with Crippen molar-refractivity contribution < 1.29 is 0 Å². The van der Waals surface area contributed by atoms with E-state index in [-0.39, 0.29) is 11.7 Å². The molecule has 2 aromatic carbocycles. The summed E-state index contributed by atoms with van der Waals surface area (Å²) < 4.78 is 3.38. The molecule has 0 fully saturated rings. The first kappa shape index (κ1) is 19.9. The van der Waals surface area contributed by atoms with Gasteiger partial charge in [-0.1, -0.05) is 55.5 Å². The highest BCUT2D eigenvalue weighted by Gasteiger charge is 2.18. The Hall–Kier alpha value is -4.07. The summed E-state index contributed by atoms with van der Waals surface area (Å²) in [5, 5.41) is 7.86. The Balaban J connectivity index is 1.58. The number of H-pyrrole nitrogens is 1. The van der Waals surface area contributed by atoms with E-state index in [0.717, 1.165) is 16.8 Å². The number of benzene rings is 2. The first-order valence-corrected chi connectivity index (χ1v) is 10.6. The molecule has 0 amide bonds. The molecule has 0 aliphatic heterocycles. The molecule has 8 heteroatoms. The molecule has 0 radical (unpaired) electrons. The summed E-state index contributed by atoms with van der Waals surface area (Å²) in [4.78, 5) is 25.1. The number of rotatable bonds is 5. The van der Waals surface area contributed by atoms with Gasteiger partial charge in [-0.15, -0.1) is 5.10 Å². The highest BCUT2D eigenvalue weighted by atomic mass is 16.1. The van der Waals surface area contributed by atoms with Crippen molar-refractivity contribution in [2.45, 2.75) is 32.7 Å². The first-order valence-electron chi connectivity index (χ1n) is 10.6. The number of hydrogen-bond donors (Lipinski definition) is 1. The predicted molar refractivity (Wildman–Crippen MR) is 123 cm³/mol. The zero-order chi connectivity index (χ0) is 22.2. The van der Waals surface area contributed by atoms with E-state index in [1.807, 2.05) is 49.4 Å². The van der Waals surface area contributed by atoms with Crippen molar-refractivity contribution in [1.29, 1.82) is 0 Å². The maximum Gasteiger partial charge on any atom is 0.328 e. The lowest BCUT2D eigenvalue weighted by atomic mass is 9.97. The van der Waals surface area contributed by atoms with Gasteiger partial charge >= 0.3 is 5.69 Å². The molecule has 0 bridgehead atoms. The lowest BCUT2D eigenvalue weighted by Gasteiger charge is -2.15. The average Bonchev–Trinajstić information content (AvgIpc) is 3.46. The molecule has 0 spiro atoms. The molecule has 1 N–H and O–H groups in total. The van der Waals surface area contributed by atoms with Crippen molar-refractivity contribution in [3.63, 3.8) is 0 Å². The van der Waals surface area contributed by atoms with Gasteiger partial charge in [0.2, 0.25) is 0 Å². The Bertz CT molecular complexity index is 1430. The third-order valence-electron chi connectivity index (χ3n) is 5.73. The van der Waals surface area contributed by atoms with E-state index in [2.05, 4.69) is 40.2 Å². The summed E-state index contributed by atoms with van der Waals surface area (Å²) in [5.41, 5.74) is 5.04. The summed E-state index contributed by atoms with van der Waals surface area (Å²) >= 11 is 0. The Morgan fingerprint density at radius 1 is 1.00 bits per heavy atom. The molecule has 0 saturated carbocycles. The van der Waals surface area contributed by atoms with Crippen LogP contribution in [0.25, 0.3) is 28.2 Å². The second-order valence-electron chi connectivity index (χ2n) is 8.09. The highest BCUT2D eigenvalue weighted by molar-refractivity contribution is 5.74. The largest absolute Gasteiger partial charge is 0.328 e. The zero-order valence-electron chi connectivity index (χ0n) is 18.1. The minimum Gasteiger partial charge on any atom is -0.303 e. The van der Waals surface area contributed by atoms with Gasteiger partial charge in [-0.05, 0) is 36.1 Å². The Morgan fingerprint density at radius 2 is 1.78 bits per heavy atom. The van der Waals surface area contributed by atoms with E-state index in [4.69, 9.17) is 4.98 Å². The van der Waals surface area contributed by atoms with Crippen LogP contribution in [0.3, 0.4) is 0 Å². The number of aromatic amines is 1. The van der Waals surface area contributed by atoms with Crippen molar-refractivity contribution >= 4 is 11.2 Å². The summed E-state index contributed by atoms with van der Waals surface area (Å²) in [7, 11) is 0. The standard InChI is InChI=1S/C24H23N7O/c1-15(2)19-6-4-5-7-20(19)22-25-14-21-23(28-22)31(24(32)27-21)16(3)17-8-10-18(11-9-17)30-13-12-26-29-30/h4-16H,1-3H3,(H,27,32)/t16-/m1/s1. The second-order valence-corrected chi connectivity index (χ2v) is 8.09. The summed E-state index contributed by atoms with van der Waals surface area (Å²) in [6, 6.07) is 15.8. The summed E-state index contributed by atoms with van der Waals surface area (Å²) in [5.74, 6) is 0.949. The van der Waals surface area contributed by atoms with Crippen LogP contribution >= 0.6 is 0 Å². The van der Waals surface area contributed by atoms with Gasteiger partial charge in [0.15, 0.2) is 11.5 Å². The van der Waals surface area contributed by atoms with Crippen LogP contribution < -0.4 is 5.69 Å². The lowest BCUT2D eigenvalue weighted by molar-refractivity contribution is 0.630. The van der Waals surface area contributed by atoms with Gasteiger partial charge in [0.25, 0.3) is 0 Å². The van der Waals surface area contributed by atoms with Crippen LogP contribution in [0.4, 0.5) is 0 Å². The predicted octanol–water partition coefficient (Wildman–Crippen LogP) is 4.10. The minimum absolute atomic E-state index is 0.212. The number of aromatic nitrogens is 7. The first-order chi connectivity index (χ1) is 15.5. The molecular weight excluding hydrogens is 402 g/mol. The van der Waals surface area contributed by atoms with Crippen molar-refractivity contribution in [3.05, 3.63) is 88.7 Å². The maximum atomic E-state index is 12.8. The molecule has 32 heavy (non-hydrogen) atoms. The van der Waals surface area contributed by atoms with Gasteiger partial charge in [-0.3, -0.25) is 4.57 Å². The molecule has 3 heterocycles. The van der Waals surface area contributed by atoms with E-state index in [1.54, 1.807) is 27.8 Å². The molecule has 0 unspecified atom stereocenters. The normalized spacial score (nSPS) is 12.5. The van der Waals surface area contributed by atoms with Crippen molar-refractivity contribution in [3.8, 4) is 17.1 Å². The summed E-state index contributed by atoms with van der Waals surface area (Å²) in [6.07, 6.45) is 5.11. The van der Waals surface area contributed by atoms with Gasteiger partial charge in [0.1, 0.15) is 5.52 Å². The third kappa shape index (κ3) is 3.39. The SMILES string of the molecule is CC(C)c1ccccc1-c1ncc2[nH]c(=O)n([C@H](C)c3ccc(-n4ccnn4)cc3)c2n1. The van der Waals surface area contributed by atoms with Crippen LogP contribution in [0.2, 0.25) is 0 Å². The smallest absolute Gasteiger partial charge is 0.303 e. The molecular formula is C24H23N7O. The number of fused-ring (bicyclic) bond motifs is 1. The maximum absolute atomic E-state index is 12.8. The minimum atomic E-state index is -0.218. The highest BCUT2D eigenvalue weighted by Crippen LogP contribution is 2.28. The monoisotopic (exact) mass is 425 g/mol. The zero-order valence-corrected chi connectivity index (χ0v) is 18.1. The van der Waals surface area contributed by atoms with E-state index < -0.39 is 0 Å². The molecule has 160 valence electrons. The molecule has 5 aromatic rings. The van der Waals surface area contributed by atoms with Crippen LogP contribution in [-0.4, -0.2) is 34.5 Å². The molecule has 5 rings (SSSR count). The fraction of sp³-hybridized carbons (Fsp3) is 0.208. The lowest BCUT2D eigenvalue weighted by Crippen LogP contribution is -2.21. The number of nitrogens with zero attached hydrogens (tertiary/aromatic N) is 6. The van der Waals surface area contributed by atoms with Crippen LogP contribution in [0.15, 0.2) is 71.9 Å². The van der Waals surface area contributed by atoms with Gasteiger partial charge in [0.05, 0.1) is 30.3 Å². The molecule has 3 aromatic heterocycles. The number of hydrogen-bond acceptors (Lipinski definition) is 5. The van der Waals surface area contributed by atoms with Crippen LogP contribution in [0.1, 0.15) is 43.9 Å². The van der Waals surface area contributed by atoms with Crippen molar-refractivity contribution in [2.75, 3.05) is 0 Å². The van der Waals surface area contributed by atoms with Crippen LogP contribution in [0, 0.1) is 0 Å². The fourth-order valence-corrected chi connectivity index (χ4v) is 4.01. The van der Waals surface area contributed by atoms with E-state index in [9.17, 15) is 4.79 Å². The Morgan fingerprint density at radius 3 is 2.50 bits per heavy atom. The van der Waals surface area contributed by atoms with Gasteiger partial charge in [-0.2, -0.15) is 0 Å². The Labute approximate surface area is 184 Å². The van der Waals surface area contributed by atoms with Crippen LogP contribution in [0.5, 0.6) is 0 Å². The van der Waals surface area contributed by atoms with Gasteiger partial charge < -0.3 is 4.98 Å². The third-order valence-corrected chi connectivity index (χ3v) is 5.73. The average molecular weight is 425 g/mol. The molecule has 8 nitrogen and oxygen atoms in total. The molecule has 0 aliphatic rings. The topological polar surface area (TPSA) is 94.3 Å². The van der Waals surface area contributed by atoms with E-state index in [1.165, 1.54) is 5.56 Å². The fourth-order valence-electron chi connectivity index (χ4n) is 4.01. The molecule has 1 atom stereocenters. The molecule has 0 saturated heterocycles. The number of nitrogens with one attached hydrogen (secondary N) is 1. The van der Waals surface area contributed by atoms with E-state index >= 15 is 0 Å². The van der Waals surface area contributed by atoms with Crippen molar-refractivity contribution in [1.82, 2.24) is 34.5 Å². The van der Waals surface area contributed by atoms with E-state index in [0.29, 0.717) is 22.9 Å². The van der Waals surface area contributed by atoms with Gasteiger partial charge in [0, 0.05) is 5.56 Å². The molecule has 0 aliphatic carbocycles.